The van der Waals surface area contributed by atoms with Crippen molar-refractivity contribution >= 4 is 38.8 Å². The molecule has 33 heavy (non-hydrogen) atoms. The van der Waals surface area contributed by atoms with E-state index >= 15 is 0 Å². The summed E-state index contributed by atoms with van der Waals surface area (Å²) in [5, 5.41) is 10.7. The van der Waals surface area contributed by atoms with E-state index in [1.165, 1.54) is 11.1 Å². The number of hydrogen-bond donors (Lipinski definition) is 3. The number of thiophene rings is 1. The Morgan fingerprint density at radius 3 is 2.55 bits per heavy atom. The van der Waals surface area contributed by atoms with Gasteiger partial charge >= 0.3 is 0 Å². The van der Waals surface area contributed by atoms with Crippen molar-refractivity contribution in [1.29, 1.82) is 0 Å². The van der Waals surface area contributed by atoms with Crippen LogP contribution in [0.1, 0.15) is 12.8 Å². The van der Waals surface area contributed by atoms with Crippen LogP contribution in [0.5, 0.6) is 0 Å². The molecule has 9 heteroatoms. The first-order valence-corrected chi connectivity index (χ1v) is 13.1. The zero-order chi connectivity index (χ0) is 22.7. The standard InChI is InChI=1S/C24H23N5O2S2/c30-33(31)21-5-3-4-20(14-21)28-24-26-15-22(23(29-24)25-11-1-2-12-27-33)18-8-6-17(7-9-18)19-10-13-32-16-19/h3-10,13-16,27H,1-2,11-12H2,(H2,25,26,28,29). The van der Waals surface area contributed by atoms with Crippen molar-refractivity contribution in [2.45, 2.75) is 17.7 Å². The highest BCUT2D eigenvalue weighted by molar-refractivity contribution is 7.89. The van der Waals surface area contributed by atoms with Gasteiger partial charge in [0.1, 0.15) is 5.82 Å². The molecule has 2 aromatic carbocycles. The number of rotatable bonds is 2. The predicted molar refractivity (Wildman–Crippen MR) is 133 cm³/mol. The number of nitrogens with zero attached hydrogens (tertiary/aromatic N) is 2. The van der Waals surface area contributed by atoms with E-state index in [2.05, 4.69) is 61.4 Å². The second kappa shape index (κ2) is 9.30. The Kier molecular flexibility index (Phi) is 6.08. The van der Waals surface area contributed by atoms with Crippen LogP contribution in [0, 0.1) is 0 Å². The average molecular weight is 478 g/mol. The molecular weight excluding hydrogens is 454 g/mol. The number of hydrogen-bond acceptors (Lipinski definition) is 7. The topological polar surface area (TPSA) is 96.0 Å². The van der Waals surface area contributed by atoms with Gasteiger partial charge in [0.25, 0.3) is 0 Å². The molecule has 0 atom stereocenters. The van der Waals surface area contributed by atoms with Crippen molar-refractivity contribution in [3.05, 3.63) is 71.6 Å². The van der Waals surface area contributed by atoms with Crippen molar-refractivity contribution < 1.29 is 8.42 Å². The summed E-state index contributed by atoms with van der Waals surface area (Å²) in [7, 11) is -3.55. The first-order valence-electron chi connectivity index (χ1n) is 10.7. The molecule has 1 aliphatic heterocycles. The molecule has 1 aliphatic rings. The number of aromatic nitrogens is 2. The summed E-state index contributed by atoms with van der Waals surface area (Å²) >= 11 is 1.68. The monoisotopic (exact) mass is 477 g/mol. The maximum Gasteiger partial charge on any atom is 0.240 e. The molecule has 0 aliphatic carbocycles. The Labute approximate surface area is 197 Å². The highest BCUT2D eigenvalue weighted by Gasteiger charge is 2.16. The second-order valence-corrected chi connectivity index (χ2v) is 10.3. The van der Waals surface area contributed by atoms with Gasteiger partial charge in [0.05, 0.1) is 4.90 Å². The summed E-state index contributed by atoms with van der Waals surface area (Å²) in [6.45, 7) is 1.05. The summed E-state index contributed by atoms with van der Waals surface area (Å²) < 4.78 is 27.7. The van der Waals surface area contributed by atoms with Gasteiger partial charge in [0, 0.05) is 30.5 Å². The molecule has 4 bridgehead atoms. The summed E-state index contributed by atoms with van der Waals surface area (Å²) in [6, 6.07) is 17.1. The smallest absolute Gasteiger partial charge is 0.240 e. The van der Waals surface area contributed by atoms with Crippen LogP contribution < -0.4 is 15.4 Å². The Morgan fingerprint density at radius 2 is 1.73 bits per heavy atom. The molecule has 0 radical (unpaired) electrons. The minimum absolute atomic E-state index is 0.213. The van der Waals surface area contributed by atoms with Crippen LogP contribution in [-0.2, 0) is 10.0 Å². The van der Waals surface area contributed by atoms with Crippen LogP contribution >= 0.6 is 11.3 Å². The first kappa shape index (κ1) is 21.6. The molecule has 0 amide bonds. The number of fused-ring (bicyclic) bond motifs is 4. The van der Waals surface area contributed by atoms with E-state index in [9.17, 15) is 8.42 Å². The lowest BCUT2D eigenvalue weighted by molar-refractivity contribution is 0.577. The van der Waals surface area contributed by atoms with Gasteiger partial charge in [0.15, 0.2) is 0 Å². The molecule has 168 valence electrons. The molecule has 3 heterocycles. The van der Waals surface area contributed by atoms with Gasteiger partial charge < -0.3 is 10.6 Å². The van der Waals surface area contributed by atoms with Crippen LogP contribution in [-0.4, -0.2) is 31.5 Å². The number of anilines is 3. The molecule has 4 aromatic rings. The SMILES string of the molecule is O=S1(=O)NCCCCNc2nc(ncc2-c2ccc(-c3ccsc3)cc2)Nc2cccc1c2. The summed E-state index contributed by atoms with van der Waals surface area (Å²) in [5.74, 6) is 1.14. The maximum absolute atomic E-state index is 12.5. The molecule has 3 N–H and O–H groups in total. The van der Waals surface area contributed by atoms with Gasteiger partial charge in [-0.3, -0.25) is 0 Å². The van der Waals surface area contributed by atoms with Crippen LogP contribution in [0.4, 0.5) is 17.5 Å². The quantitative estimate of drug-likeness (QED) is 0.372. The van der Waals surface area contributed by atoms with Crippen molar-refractivity contribution in [3.8, 4) is 22.3 Å². The fraction of sp³-hybridized carbons (Fsp3) is 0.167. The largest absolute Gasteiger partial charge is 0.369 e. The third kappa shape index (κ3) is 4.90. The average Bonchev–Trinajstić information content (AvgIpc) is 3.36. The maximum atomic E-state index is 12.5. The molecule has 0 saturated carbocycles. The van der Waals surface area contributed by atoms with Crippen molar-refractivity contribution in [1.82, 2.24) is 14.7 Å². The third-order valence-electron chi connectivity index (χ3n) is 5.43. The van der Waals surface area contributed by atoms with Gasteiger partial charge in [-0.05, 0) is 64.6 Å². The molecule has 0 fully saturated rings. The van der Waals surface area contributed by atoms with E-state index in [4.69, 9.17) is 4.98 Å². The Bertz CT molecular complexity index is 1350. The van der Waals surface area contributed by atoms with E-state index in [0.717, 1.165) is 23.4 Å². The van der Waals surface area contributed by atoms with Crippen LogP contribution in [0.15, 0.2) is 76.4 Å². The van der Waals surface area contributed by atoms with Crippen molar-refractivity contribution in [2.75, 3.05) is 23.7 Å². The highest BCUT2D eigenvalue weighted by atomic mass is 32.2. The van der Waals surface area contributed by atoms with Gasteiger partial charge in [0.2, 0.25) is 16.0 Å². The van der Waals surface area contributed by atoms with Crippen LogP contribution in [0.2, 0.25) is 0 Å². The summed E-state index contributed by atoms with van der Waals surface area (Å²) in [5.41, 5.74) is 4.93. The van der Waals surface area contributed by atoms with Crippen LogP contribution in [0.3, 0.4) is 0 Å². The molecule has 5 rings (SSSR count). The lowest BCUT2D eigenvalue weighted by Crippen LogP contribution is -2.25. The normalized spacial score (nSPS) is 15.6. The molecule has 0 spiro atoms. The highest BCUT2D eigenvalue weighted by Crippen LogP contribution is 2.30. The third-order valence-corrected chi connectivity index (χ3v) is 7.57. The van der Waals surface area contributed by atoms with Crippen LogP contribution in [0.25, 0.3) is 22.3 Å². The lowest BCUT2D eigenvalue weighted by atomic mass is 10.0. The summed E-state index contributed by atoms with van der Waals surface area (Å²) in [4.78, 5) is 9.41. The molecular formula is C24H23N5O2S2. The van der Waals surface area contributed by atoms with Crippen molar-refractivity contribution in [2.24, 2.45) is 0 Å². The minimum Gasteiger partial charge on any atom is -0.369 e. The van der Waals surface area contributed by atoms with Gasteiger partial charge in [-0.1, -0.05) is 30.3 Å². The fourth-order valence-electron chi connectivity index (χ4n) is 3.68. The van der Waals surface area contributed by atoms with E-state index in [0.29, 0.717) is 31.1 Å². The Morgan fingerprint density at radius 1 is 0.909 bits per heavy atom. The van der Waals surface area contributed by atoms with Gasteiger partial charge in [-0.15, -0.1) is 0 Å². The van der Waals surface area contributed by atoms with Gasteiger partial charge in [-0.2, -0.15) is 16.3 Å². The second-order valence-electron chi connectivity index (χ2n) is 7.73. The molecule has 0 saturated heterocycles. The van der Waals surface area contributed by atoms with E-state index in [1.807, 2.05) is 0 Å². The number of benzene rings is 2. The number of sulfonamides is 1. The zero-order valence-corrected chi connectivity index (χ0v) is 19.4. The van der Waals surface area contributed by atoms with Gasteiger partial charge in [-0.25, -0.2) is 18.1 Å². The molecule has 0 unspecified atom stereocenters. The molecule has 2 aromatic heterocycles. The lowest BCUT2D eigenvalue weighted by Gasteiger charge is -2.15. The fourth-order valence-corrected chi connectivity index (χ4v) is 5.46. The van der Waals surface area contributed by atoms with E-state index < -0.39 is 10.0 Å². The van der Waals surface area contributed by atoms with E-state index in [-0.39, 0.29) is 4.90 Å². The predicted octanol–water partition coefficient (Wildman–Crippen LogP) is 5.10. The Balaban J connectivity index is 1.49. The number of nitrogens with one attached hydrogen (secondary N) is 3. The summed E-state index contributed by atoms with van der Waals surface area (Å²) in [6.07, 6.45) is 3.31. The molecule has 7 nitrogen and oxygen atoms in total. The zero-order valence-electron chi connectivity index (χ0n) is 17.8. The first-order chi connectivity index (χ1) is 16.1. The Hall–Kier alpha value is -3.27. The van der Waals surface area contributed by atoms with E-state index in [1.54, 1.807) is 41.8 Å². The minimum atomic E-state index is -3.55. The van der Waals surface area contributed by atoms with Crippen molar-refractivity contribution in [3.63, 3.8) is 0 Å².